The predicted molar refractivity (Wildman–Crippen MR) is 107 cm³/mol. The summed E-state index contributed by atoms with van der Waals surface area (Å²) in [6, 6.07) is 9.50. The van der Waals surface area contributed by atoms with Gasteiger partial charge in [-0.2, -0.15) is 0 Å². The number of benzene rings is 1. The van der Waals surface area contributed by atoms with E-state index >= 15 is 0 Å². The van der Waals surface area contributed by atoms with Crippen LogP contribution in [0.2, 0.25) is 0 Å². The summed E-state index contributed by atoms with van der Waals surface area (Å²) in [5.41, 5.74) is 1.09. The molecule has 1 N–H and O–H groups in total. The van der Waals surface area contributed by atoms with E-state index in [1.807, 2.05) is 30.3 Å². The summed E-state index contributed by atoms with van der Waals surface area (Å²) >= 11 is 0. The van der Waals surface area contributed by atoms with Crippen LogP contribution in [0.15, 0.2) is 55.6 Å². The van der Waals surface area contributed by atoms with Gasteiger partial charge in [-0.1, -0.05) is 42.5 Å². The maximum Gasteiger partial charge on any atom is 0.309 e. The molecule has 0 aliphatic carbocycles. The molecule has 1 rings (SSSR count). The van der Waals surface area contributed by atoms with Gasteiger partial charge in [0, 0.05) is 13.5 Å². The minimum atomic E-state index is -0.368. The molecule has 0 bridgehead atoms. The lowest BCUT2D eigenvalue weighted by atomic mass is 9.95. The maximum absolute atomic E-state index is 12.6. The van der Waals surface area contributed by atoms with E-state index in [1.165, 1.54) is 0 Å². The molecular weight excluding hydrogens is 342 g/mol. The molecule has 5 heteroatoms. The summed E-state index contributed by atoms with van der Waals surface area (Å²) in [4.78, 5) is 24.5. The molecule has 0 aliphatic heterocycles. The Balaban J connectivity index is 2.61. The summed E-state index contributed by atoms with van der Waals surface area (Å²) in [7, 11) is 1.55. The quantitative estimate of drug-likeness (QED) is 0.401. The van der Waals surface area contributed by atoms with E-state index < -0.39 is 0 Å². The fourth-order valence-corrected chi connectivity index (χ4v) is 2.69. The van der Waals surface area contributed by atoms with Gasteiger partial charge < -0.3 is 14.8 Å². The standard InChI is InChI=1S/C22H31NO4/c1-4-6-13-19(15-18-11-9-8-10-12-18)22(25)27-17-20(16-26-3)23-21(24)14-7-5-2/h4-5,8-12,19-20H,1-2,6-7,13-17H2,3H3,(H,23,24). The van der Waals surface area contributed by atoms with Crippen LogP contribution in [-0.4, -0.2) is 38.2 Å². The summed E-state index contributed by atoms with van der Waals surface area (Å²) in [5.74, 6) is -0.618. The van der Waals surface area contributed by atoms with Crippen molar-refractivity contribution >= 4 is 11.9 Å². The third-order valence-electron chi connectivity index (χ3n) is 4.11. The first-order chi connectivity index (χ1) is 13.1. The number of rotatable bonds is 14. The van der Waals surface area contributed by atoms with Crippen molar-refractivity contribution in [3.63, 3.8) is 0 Å². The first-order valence-corrected chi connectivity index (χ1v) is 9.31. The van der Waals surface area contributed by atoms with Gasteiger partial charge in [-0.25, -0.2) is 0 Å². The van der Waals surface area contributed by atoms with Crippen molar-refractivity contribution < 1.29 is 19.1 Å². The van der Waals surface area contributed by atoms with Crippen LogP contribution in [0.25, 0.3) is 0 Å². The van der Waals surface area contributed by atoms with Gasteiger partial charge in [0.05, 0.1) is 18.6 Å². The molecule has 1 aromatic carbocycles. The topological polar surface area (TPSA) is 64.6 Å². The van der Waals surface area contributed by atoms with E-state index in [9.17, 15) is 9.59 Å². The third-order valence-corrected chi connectivity index (χ3v) is 4.11. The Kier molecular flexibility index (Phi) is 11.5. The molecular formula is C22H31NO4. The highest BCUT2D eigenvalue weighted by Gasteiger charge is 2.22. The van der Waals surface area contributed by atoms with Crippen LogP contribution >= 0.6 is 0 Å². The average Bonchev–Trinajstić information content (AvgIpc) is 2.68. The second-order valence-corrected chi connectivity index (χ2v) is 6.43. The Morgan fingerprint density at radius 2 is 1.81 bits per heavy atom. The zero-order valence-electron chi connectivity index (χ0n) is 16.2. The maximum atomic E-state index is 12.6. The molecule has 27 heavy (non-hydrogen) atoms. The number of carbonyl (C=O) groups excluding carboxylic acids is 2. The molecule has 1 aromatic rings. The van der Waals surface area contributed by atoms with E-state index in [-0.39, 0.29) is 37.0 Å². The fourth-order valence-electron chi connectivity index (χ4n) is 2.69. The number of nitrogens with one attached hydrogen (secondary N) is 1. The third kappa shape index (κ3) is 9.75. The Morgan fingerprint density at radius 1 is 1.11 bits per heavy atom. The largest absolute Gasteiger partial charge is 0.463 e. The van der Waals surface area contributed by atoms with E-state index in [2.05, 4.69) is 18.5 Å². The molecule has 0 heterocycles. The van der Waals surface area contributed by atoms with Crippen molar-refractivity contribution in [2.45, 2.75) is 38.1 Å². The van der Waals surface area contributed by atoms with E-state index in [0.717, 1.165) is 12.0 Å². The van der Waals surface area contributed by atoms with Crippen molar-refractivity contribution in [3.05, 3.63) is 61.2 Å². The zero-order valence-corrected chi connectivity index (χ0v) is 16.2. The van der Waals surface area contributed by atoms with Crippen molar-refractivity contribution in [1.82, 2.24) is 5.32 Å². The predicted octanol–water partition coefficient (Wildman–Crippen LogP) is 3.45. The van der Waals surface area contributed by atoms with Crippen molar-refractivity contribution in [3.8, 4) is 0 Å². The van der Waals surface area contributed by atoms with Crippen LogP contribution in [0.5, 0.6) is 0 Å². The van der Waals surface area contributed by atoms with Gasteiger partial charge in [-0.05, 0) is 31.2 Å². The number of carbonyl (C=O) groups is 2. The van der Waals surface area contributed by atoms with Crippen LogP contribution in [0.1, 0.15) is 31.2 Å². The highest BCUT2D eigenvalue weighted by molar-refractivity contribution is 5.76. The number of allylic oxidation sites excluding steroid dienone is 2. The molecule has 148 valence electrons. The van der Waals surface area contributed by atoms with Gasteiger partial charge in [0.1, 0.15) is 6.61 Å². The van der Waals surface area contributed by atoms with Crippen molar-refractivity contribution in [2.75, 3.05) is 20.3 Å². The molecule has 0 spiro atoms. The number of amides is 1. The molecule has 1 amide bonds. The molecule has 0 saturated heterocycles. The monoisotopic (exact) mass is 373 g/mol. The van der Waals surface area contributed by atoms with Crippen LogP contribution < -0.4 is 5.32 Å². The lowest BCUT2D eigenvalue weighted by molar-refractivity contribution is -0.150. The first-order valence-electron chi connectivity index (χ1n) is 9.31. The lowest BCUT2D eigenvalue weighted by Gasteiger charge is -2.20. The molecule has 2 unspecified atom stereocenters. The van der Waals surface area contributed by atoms with Crippen LogP contribution in [0.3, 0.4) is 0 Å². The summed E-state index contributed by atoms with van der Waals surface area (Å²) in [6.07, 6.45) is 6.50. The van der Waals surface area contributed by atoms with Gasteiger partial charge in [0.2, 0.25) is 5.91 Å². The van der Waals surface area contributed by atoms with Crippen molar-refractivity contribution in [1.29, 1.82) is 0 Å². The van der Waals surface area contributed by atoms with Crippen LogP contribution in [0, 0.1) is 5.92 Å². The van der Waals surface area contributed by atoms with Gasteiger partial charge in [-0.3, -0.25) is 9.59 Å². The van der Waals surface area contributed by atoms with E-state index in [4.69, 9.17) is 9.47 Å². The minimum absolute atomic E-state index is 0.0892. The molecule has 0 radical (unpaired) electrons. The molecule has 0 fully saturated rings. The summed E-state index contributed by atoms with van der Waals surface area (Å²) < 4.78 is 10.6. The van der Waals surface area contributed by atoms with E-state index in [0.29, 0.717) is 25.7 Å². The summed E-state index contributed by atoms with van der Waals surface area (Å²) in [5, 5.41) is 2.83. The highest BCUT2D eigenvalue weighted by Crippen LogP contribution is 2.16. The normalized spacial score (nSPS) is 12.6. The Bertz CT molecular complexity index is 585. The van der Waals surface area contributed by atoms with Crippen LogP contribution in [-0.2, 0) is 25.5 Å². The Labute approximate surface area is 162 Å². The Morgan fingerprint density at radius 3 is 2.44 bits per heavy atom. The number of hydrogen-bond donors (Lipinski definition) is 1. The van der Waals surface area contributed by atoms with Crippen molar-refractivity contribution in [2.24, 2.45) is 5.92 Å². The summed E-state index contributed by atoms with van der Waals surface area (Å²) in [6.45, 7) is 7.71. The molecule has 5 nitrogen and oxygen atoms in total. The minimum Gasteiger partial charge on any atom is -0.463 e. The lowest BCUT2D eigenvalue weighted by Crippen LogP contribution is -2.42. The molecule has 2 atom stereocenters. The number of esters is 1. The smallest absolute Gasteiger partial charge is 0.309 e. The second kappa shape index (κ2) is 13.8. The SMILES string of the molecule is C=CCCC(=O)NC(COC)COC(=O)C(CCC=C)Cc1ccccc1. The fraction of sp³-hybridized carbons (Fsp3) is 0.455. The van der Waals surface area contributed by atoms with Gasteiger partial charge >= 0.3 is 5.97 Å². The highest BCUT2D eigenvalue weighted by atomic mass is 16.5. The molecule has 0 aromatic heterocycles. The number of ether oxygens (including phenoxy) is 2. The zero-order chi connectivity index (χ0) is 19.9. The number of methoxy groups -OCH3 is 1. The average molecular weight is 373 g/mol. The number of hydrogen-bond acceptors (Lipinski definition) is 4. The molecule has 0 aliphatic rings. The first kappa shape index (κ1) is 22.6. The Hall–Kier alpha value is -2.40. The van der Waals surface area contributed by atoms with Gasteiger partial charge in [0.15, 0.2) is 0 Å². The molecule has 0 saturated carbocycles. The van der Waals surface area contributed by atoms with Crippen LogP contribution in [0.4, 0.5) is 0 Å². The van der Waals surface area contributed by atoms with Gasteiger partial charge in [-0.15, -0.1) is 13.2 Å². The van der Waals surface area contributed by atoms with E-state index in [1.54, 1.807) is 19.3 Å². The van der Waals surface area contributed by atoms with Gasteiger partial charge in [0.25, 0.3) is 0 Å². The second-order valence-electron chi connectivity index (χ2n) is 6.43.